The molecule has 5 nitrogen and oxygen atoms in total. The number of rotatable bonds is 3. The highest BCUT2D eigenvalue weighted by Gasteiger charge is 2.26. The van der Waals surface area contributed by atoms with Crippen molar-refractivity contribution in [2.75, 3.05) is 6.79 Å². The Labute approximate surface area is 101 Å². The Kier molecular flexibility index (Phi) is 3.08. The molecule has 0 bridgehead atoms. The molecule has 3 N–H and O–H groups in total. The average molecular weight is 262 g/mol. The molecule has 1 atom stereocenters. The van der Waals surface area contributed by atoms with Crippen molar-refractivity contribution < 1.29 is 23.8 Å². The summed E-state index contributed by atoms with van der Waals surface area (Å²) in [5, 5.41) is 8.37. The van der Waals surface area contributed by atoms with Crippen LogP contribution in [0.2, 0.25) is 5.02 Å². The van der Waals surface area contributed by atoms with E-state index < -0.39 is 24.2 Å². The maximum Gasteiger partial charge on any atom is 0.305 e. The van der Waals surface area contributed by atoms with Gasteiger partial charge in [-0.2, -0.15) is 0 Å². The molecular formula is C10H9ClFNO4. The van der Waals surface area contributed by atoms with E-state index in [-0.39, 0.29) is 28.9 Å². The van der Waals surface area contributed by atoms with Gasteiger partial charge in [-0.05, 0) is 6.07 Å². The van der Waals surface area contributed by atoms with Crippen LogP contribution in [0.3, 0.4) is 0 Å². The Morgan fingerprint density at radius 1 is 1.65 bits per heavy atom. The molecule has 0 aromatic heterocycles. The molecule has 1 aromatic rings. The minimum atomic E-state index is -1.12. The summed E-state index contributed by atoms with van der Waals surface area (Å²) < 4.78 is 23.8. The third-order valence-corrected chi connectivity index (χ3v) is 2.71. The second-order valence-corrected chi connectivity index (χ2v) is 3.91. The Balaban J connectivity index is 2.41. The second kappa shape index (κ2) is 4.38. The van der Waals surface area contributed by atoms with E-state index in [0.717, 1.165) is 0 Å². The van der Waals surface area contributed by atoms with E-state index in [1.54, 1.807) is 0 Å². The van der Waals surface area contributed by atoms with Gasteiger partial charge in [0.2, 0.25) is 6.79 Å². The largest absolute Gasteiger partial charge is 0.481 e. The van der Waals surface area contributed by atoms with Crippen LogP contribution >= 0.6 is 11.6 Å². The first-order chi connectivity index (χ1) is 8.00. The van der Waals surface area contributed by atoms with Gasteiger partial charge in [-0.3, -0.25) is 4.79 Å². The average Bonchev–Trinajstić information content (AvgIpc) is 2.70. The highest BCUT2D eigenvalue weighted by molar-refractivity contribution is 6.32. The molecule has 92 valence electrons. The van der Waals surface area contributed by atoms with Gasteiger partial charge in [0.15, 0.2) is 17.3 Å². The summed E-state index contributed by atoms with van der Waals surface area (Å²) in [4.78, 5) is 10.5. The topological polar surface area (TPSA) is 81.8 Å². The molecule has 2 rings (SSSR count). The number of benzene rings is 1. The van der Waals surface area contributed by atoms with Crippen molar-refractivity contribution in [1.29, 1.82) is 0 Å². The van der Waals surface area contributed by atoms with Crippen molar-refractivity contribution in [1.82, 2.24) is 0 Å². The fraction of sp³-hybridized carbons (Fsp3) is 0.300. The van der Waals surface area contributed by atoms with Gasteiger partial charge in [0, 0.05) is 11.6 Å². The van der Waals surface area contributed by atoms with Gasteiger partial charge in [-0.25, -0.2) is 4.39 Å². The minimum absolute atomic E-state index is 0.00153. The Hall–Kier alpha value is -1.53. The first-order valence-corrected chi connectivity index (χ1v) is 5.13. The predicted molar refractivity (Wildman–Crippen MR) is 56.7 cm³/mol. The van der Waals surface area contributed by atoms with E-state index in [1.807, 2.05) is 0 Å². The molecule has 0 saturated carbocycles. The number of halogens is 2. The Morgan fingerprint density at radius 2 is 2.35 bits per heavy atom. The lowest BCUT2D eigenvalue weighted by Gasteiger charge is -2.12. The van der Waals surface area contributed by atoms with Crippen LogP contribution in [0.4, 0.5) is 4.39 Å². The third kappa shape index (κ3) is 2.13. The van der Waals surface area contributed by atoms with Crippen molar-refractivity contribution >= 4 is 17.6 Å². The molecule has 1 aliphatic heterocycles. The van der Waals surface area contributed by atoms with Crippen LogP contribution in [0, 0.1) is 5.82 Å². The van der Waals surface area contributed by atoms with Crippen molar-refractivity contribution in [3.8, 4) is 11.5 Å². The van der Waals surface area contributed by atoms with Gasteiger partial charge in [0.05, 0.1) is 6.42 Å². The van der Waals surface area contributed by atoms with E-state index in [9.17, 15) is 9.18 Å². The second-order valence-electron chi connectivity index (χ2n) is 3.53. The smallest absolute Gasteiger partial charge is 0.305 e. The number of nitrogens with two attached hydrogens (primary N) is 1. The Bertz CT molecular complexity index is 480. The van der Waals surface area contributed by atoms with Gasteiger partial charge in [-0.15, -0.1) is 0 Å². The molecule has 17 heavy (non-hydrogen) atoms. The zero-order valence-electron chi connectivity index (χ0n) is 8.57. The third-order valence-electron chi connectivity index (χ3n) is 2.37. The van der Waals surface area contributed by atoms with Gasteiger partial charge in [0.1, 0.15) is 5.02 Å². The van der Waals surface area contributed by atoms with Gasteiger partial charge >= 0.3 is 5.97 Å². The molecule has 0 aliphatic carbocycles. The van der Waals surface area contributed by atoms with Gasteiger partial charge in [-0.1, -0.05) is 11.6 Å². The molecule has 1 aromatic carbocycles. The monoisotopic (exact) mass is 261 g/mol. The number of carboxylic acids is 1. The summed E-state index contributed by atoms with van der Waals surface area (Å²) in [7, 11) is 0. The fourth-order valence-electron chi connectivity index (χ4n) is 1.57. The van der Waals surface area contributed by atoms with E-state index >= 15 is 0 Å². The summed E-state index contributed by atoms with van der Waals surface area (Å²) in [5.41, 5.74) is 5.59. The highest BCUT2D eigenvalue weighted by Crippen LogP contribution is 2.43. The van der Waals surface area contributed by atoms with E-state index in [0.29, 0.717) is 0 Å². The number of hydrogen-bond donors (Lipinski definition) is 2. The number of carboxylic acid groups (broad SMARTS) is 1. The summed E-state index contributed by atoms with van der Waals surface area (Å²) in [6, 6.07) is 0.330. The number of carbonyl (C=O) groups is 1. The SMILES string of the molecule is NC(CC(=O)O)c1cc2c(c(Cl)c1F)OCO2. The lowest BCUT2D eigenvalue weighted by atomic mass is 10.0. The quantitative estimate of drug-likeness (QED) is 0.865. The lowest BCUT2D eigenvalue weighted by molar-refractivity contribution is -0.137. The van der Waals surface area contributed by atoms with Crippen LogP contribution in [-0.4, -0.2) is 17.9 Å². The normalized spacial score (nSPS) is 14.8. The first-order valence-electron chi connectivity index (χ1n) is 4.75. The number of aliphatic carboxylic acids is 1. The van der Waals surface area contributed by atoms with Crippen molar-refractivity contribution in [3.05, 3.63) is 22.5 Å². The van der Waals surface area contributed by atoms with Crippen molar-refractivity contribution in [2.45, 2.75) is 12.5 Å². The fourth-order valence-corrected chi connectivity index (χ4v) is 1.82. The molecule has 0 saturated heterocycles. The molecule has 0 spiro atoms. The minimum Gasteiger partial charge on any atom is -0.481 e. The zero-order valence-corrected chi connectivity index (χ0v) is 9.33. The van der Waals surface area contributed by atoms with Crippen LogP contribution in [0.1, 0.15) is 18.0 Å². The van der Waals surface area contributed by atoms with E-state index in [2.05, 4.69) is 0 Å². The molecule has 1 heterocycles. The summed E-state index contributed by atoms with van der Waals surface area (Å²) in [5.74, 6) is -1.50. The van der Waals surface area contributed by atoms with Crippen molar-refractivity contribution in [2.24, 2.45) is 5.73 Å². The van der Waals surface area contributed by atoms with Crippen LogP contribution in [-0.2, 0) is 4.79 Å². The summed E-state index contributed by atoms with van der Waals surface area (Å²) in [6.07, 6.45) is -0.396. The van der Waals surface area contributed by atoms with Crippen LogP contribution in [0.15, 0.2) is 6.07 Å². The Morgan fingerprint density at radius 3 is 3.00 bits per heavy atom. The van der Waals surface area contributed by atoms with Crippen LogP contribution in [0.5, 0.6) is 11.5 Å². The molecular weight excluding hydrogens is 253 g/mol. The predicted octanol–water partition coefficient (Wildman–Crippen LogP) is 1.68. The van der Waals surface area contributed by atoms with E-state index in [1.165, 1.54) is 6.07 Å². The number of hydrogen-bond acceptors (Lipinski definition) is 4. The summed E-state index contributed by atoms with van der Waals surface area (Å²) >= 11 is 5.74. The first kappa shape index (κ1) is 11.9. The zero-order chi connectivity index (χ0) is 12.6. The van der Waals surface area contributed by atoms with Crippen LogP contribution in [0.25, 0.3) is 0 Å². The maximum atomic E-state index is 13.8. The molecule has 1 unspecified atom stereocenters. The molecule has 0 radical (unpaired) electrons. The van der Waals surface area contributed by atoms with Gasteiger partial charge < -0.3 is 20.3 Å². The van der Waals surface area contributed by atoms with Crippen molar-refractivity contribution in [3.63, 3.8) is 0 Å². The molecule has 0 amide bonds. The molecule has 1 aliphatic rings. The molecule has 7 heteroatoms. The lowest BCUT2D eigenvalue weighted by Crippen LogP contribution is -2.16. The summed E-state index contributed by atoms with van der Waals surface area (Å²) in [6.45, 7) is -0.0495. The highest BCUT2D eigenvalue weighted by atomic mass is 35.5. The standard InChI is InChI=1S/C10H9ClFNO4/c11-8-9(12)4(5(13)2-7(14)15)1-6-10(8)17-3-16-6/h1,5H,2-3,13H2,(H,14,15). The van der Waals surface area contributed by atoms with Crippen LogP contribution < -0.4 is 15.2 Å². The number of ether oxygens (including phenoxy) is 2. The van der Waals surface area contributed by atoms with Gasteiger partial charge in [0.25, 0.3) is 0 Å². The maximum absolute atomic E-state index is 13.8. The number of fused-ring (bicyclic) bond motifs is 1. The molecule has 0 fully saturated rings. The van der Waals surface area contributed by atoms with E-state index in [4.69, 9.17) is 31.9 Å².